The van der Waals surface area contributed by atoms with Crippen molar-refractivity contribution < 1.29 is 19.1 Å². The molecule has 0 aliphatic carbocycles. The second-order valence-electron chi connectivity index (χ2n) is 2.22. The number of amides is 1. The van der Waals surface area contributed by atoms with Gasteiger partial charge >= 0.3 is 8.60 Å². The summed E-state index contributed by atoms with van der Waals surface area (Å²) in [6.07, 6.45) is 0. The first-order chi connectivity index (χ1) is 4.36. The maximum atomic E-state index is 10.4. The molecule has 0 heterocycles. The van der Waals surface area contributed by atoms with Crippen molar-refractivity contribution in [3.63, 3.8) is 0 Å². The lowest BCUT2D eigenvalue weighted by Gasteiger charge is -2.20. The zero-order valence-electron chi connectivity index (χ0n) is 5.74. The maximum Gasteiger partial charge on any atom is 0.328 e. The summed E-state index contributed by atoms with van der Waals surface area (Å²) in [5, 5.41) is 0. The minimum atomic E-state index is -2.52. The number of hydrogen-bond donors (Lipinski definition) is 3. The third-order valence-electron chi connectivity index (χ3n) is 0.903. The van der Waals surface area contributed by atoms with Crippen LogP contribution in [-0.2, 0) is 9.32 Å². The van der Waals surface area contributed by atoms with Crippen LogP contribution in [0.15, 0.2) is 0 Å². The molecule has 60 valence electrons. The summed E-state index contributed by atoms with van der Waals surface area (Å²) in [6, 6.07) is 0. The monoisotopic (exact) mass is 167 g/mol. The van der Waals surface area contributed by atoms with E-state index in [9.17, 15) is 4.79 Å². The van der Waals surface area contributed by atoms with Crippen molar-refractivity contribution in [2.24, 2.45) is 5.73 Å². The van der Waals surface area contributed by atoms with Crippen LogP contribution >= 0.6 is 8.60 Å². The van der Waals surface area contributed by atoms with Gasteiger partial charge in [-0.2, -0.15) is 0 Å². The molecule has 0 aromatic heterocycles. The summed E-state index contributed by atoms with van der Waals surface area (Å²) in [6.45, 7) is 2.72. The molecule has 4 N–H and O–H groups in total. The molecule has 6 heteroatoms. The summed E-state index contributed by atoms with van der Waals surface area (Å²) < 4.78 is 4.40. The zero-order valence-corrected chi connectivity index (χ0v) is 6.63. The lowest BCUT2D eigenvalue weighted by atomic mass is 10.1. The van der Waals surface area contributed by atoms with Gasteiger partial charge in [0.1, 0.15) is 5.60 Å². The number of nitrogens with two attached hydrogens (primary N) is 1. The van der Waals surface area contributed by atoms with Gasteiger partial charge in [-0.1, -0.05) is 0 Å². The topological polar surface area (TPSA) is 92.8 Å². The summed E-state index contributed by atoms with van der Waals surface area (Å²) in [4.78, 5) is 27.1. The molecule has 0 atom stereocenters. The van der Waals surface area contributed by atoms with Crippen molar-refractivity contribution in [1.29, 1.82) is 0 Å². The fourth-order valence-corrected chi connectivity index (χ4v) is 0.747. The minimum absolute atomic E-state index is 0.733. The van der Waals surface area contributed by atoms with Crippen LogP contribution in [0.4, 0.5) is 0 Å². The first-order valence-electron chi connectivity index (χ1n) is 2.53. The summed E-state index contributed by atoms with van der Waals surface area (Å²) in [5.74, 6) is -0.733. The van der Waals surface area contributed by atoms with Crippen molar-refractivity contribution >= 4 is 14.5 Å². The Bertz CT molecular complexity index is 135. The second-order valence-corrected chi connectivity index (χ2v) is 2.91. The number of hydrogen-bond acceptors (Lipinski definition) is 4. The van der Waals surface area contributed by atoms with E-state index in [4.69, 9.17) is 15.5 Å². The van der Waals surface area contributed by atoms with Crippen LogP contribution in [0, 0.1) is 0 Å². The Morgan fingerprint density at radius 1 is 1.60 bits per heavy atom. The Hall–Kier alpha value is -0.220. The Kier molecular flexibility index (Phi) is 3.18. The third kappa shape index (κ3) is 3.08. The van der Waals surface area contributed by atoms with E-state index in [1.165, 1.54) is 13.8 Å². The molecule has 5 nitrogen and oxygen atoms in total. The van der Waals surface area contributed by atoms with Crippen LogP contribution in [0.3, 0.4) is 0 Å². The Morgan fingerprint density at radius 2 is 2.00 bits per heavy atom. The highest BCUT2D eigenvalue weighted by atomic mass is 31.2. The van der Waals surface area contributed by atoms with Crippen LogP contribution in [-0.4, -0.2) is 21.3 Å². The van der Waals surface area contributed by atoms with E-state index >= 15 is 0 Å². The average molecular weight is 167 g/mol. The lowest BCUT2D eigenvalue weighted by Crippen LogP contribution is -2.39. The molecule has 1 amide bonds. The number of rotatable bonds is 3. The molecule has 0 unspecified atom stereocenters. The van der Waals surface area contributed by atoms with Crippen molar-refractivity contribution in [3.8, 4) is 0 Å². The number of carbonyl (C=O) groups is 1. The van der Waals surface area contributed by atoms with Gasteiger partial charge in [-0.25, -0.2) is 0 Å². The molecule has 0 spiro atoms. The minimum Gasteiger partial charge on any atom is -0.367 e. The molecule has 0 radical (unpaired) electrons. The Balaban J connectivity index is 4.00. The van der Waals surface area contributed by atoms with Crippen molar-refractivity contribution in [1.82, 2.24) is 0 Å². The molecule has 0 fully saturated rings. The summed E-state index contributed by atoms with van der Waals surface area (Å²) >= 11 is 0. The third-order valence-corrected chi connectivity index (χ3v) is 1.52. The molecular formula is C4H10NO4P. The van der Waals surface area contributed by atoms with Crippen molar-refractivity contribution in [3.05, 3.63) is 0 Å². The molecule has 0 aromatic carbocycles. The van der Waals surface area contributed by atoms with E-state index in [1.807, 2.05) is 0 Å². The Morgan fingerprint density at radius 3 is 2.10 bits per heavy atom. The quantitative estimate of drug-likeness (QED) is 0.493. The van der Waals surface area contributed by atoms with Gasteiger partial charge in [0.15, 0.2) is 0 Å². The van der Waals surface area contributed by atoms with Gasteiger partial charge in [0.2, 0.25) is 5.91 Å². The van der Waals surface area contributed by atoms with E-state index < -0.39 is 20.1 Å². The van der Waals surface area contributed by atoms with Crippen molar-refractivity contribution in [2.45, 2.75) is 19.4 Å². The normalized spacial score (nSPS) is 12.1. The zero-order chi connectivity index (χ0) is 8.36. The van der Waals surface area contributed by atoms with Gasteiger partial charge in [-0.15, -0.1) is 0 Å². The molecule has 0 aliphatic heterocycles. The molecule has 10 heavy (non-hydrogen) atoms. The number of primary amides is 1. The van der Waals surface area contributed by atoms with Gasteiger partial charge in [0.05, 0.1) is 0 Å². The second kappa shape index (κ2) is 3.25. The molecule has 0 aliphatic rings. The highest BCUT2D eigenvalue weighted by Gasteiger charge is 2.28. The van der Waals surface area contributed by atoms with Crippen LogP contribution < -0.4 is 5.73 Å². The molecule has 0 rings (SSSR count). The standard InChI is InChI=1S/C4H10NO4P/c1-4(2,3(5)6)9-10(7)8/h7-8H,1-2H3,(H2,5,6). The van der Waals surface area contributed by atoms with Crippen LogP contribution in [0.1, 0.15) is 13.8 Å². The van der Waals surface area contributed by atoms with Crippen molar-refractivity contribution in [2.75, 3.05) is 0 Å². The van der Waals surface area contributed by atoms with Gasteiger partial charge in [0.25, 0.3) is 0 Å². The molecule has 0 saturated heterocycles. The van der Waals surface area contributed by atoms with Crippen LogP contribution in [0.5, 0.6) is 0 Å². The molecular weight excluding hydrogens is 157 g/mol. The fraction of sp³-hybridized carbons (Fsp3) is 0.750. The predicted molar refractivity (Wildman–Crippen MR) is 35.7 cm³/mol. The highest BCUT2D eigenvalue weighted by Crippen LogP contribution is 2.31. The Labute approximate surface area is 59.8 Å². The first-order valence-corrected chi connectivity index (χ1v) is 3.69. The van der Waals surface area contributed by atoms with Gasteiger partial charge < -0.3 is 15.5 Å². The van der Waals surface area contributed by atoms with E-state index in [0.29, 0.717) is 0 Å². The summed E-state index contributed by atoms with van der Waals surface area (Å²) in [5.41, 5.74) is 3.53. The molecule has 0 bridgehead atoms. The van der Waals surface area contributed by atoms with Gasteiger partial charge in [0, 0.05) is 0 Å². The molecule has 0 saturated carbocycles. The summed E-state index contributed by atoms with van der Waals surface area (Å²) in [7, 11) is -2.52. The predicted octanol–water partition coefficient (Wildman–Crippen LogP) is -0.522. The van der Waals surface area contributed by atoms with Gasteiger partial charge in [-0.05, 0) is 13.8 Å². The van der Waals surface area contributed by atoms with E-state index in [0.717, 1.165) is 0 Å². The van der Waals surface area contributed by atoms with Crippen LogP contribution in [0.25, 0.3) is 0 Å². The van der Waals surface area contributed by atoms with Gasteiger partial charge in [-0.3, -0.25) is 9.32 Å². The molecule has 0 aromatic rings. The fourth-order valence-electron chi connectivity index (χ4n) is 0.249. The lowest BCUT2D eigenvalue weighted by molar-refractivity contribution is -0.131. The maximum absolute atomic E-state index is 10.4. The largest absolute Gasteiger partial charge is 0.367 e. The number of carbonyl (C=O) groups excluding carboxylic acids is 1. The van der Waals surface area contributed by atoms with E-state index in [-0.39, 0.29) is 0 Å². The highest BCUT2D eigenvalue weighted by molar-refractivity contribution is 7.39. The average Bonchev–Trinajstić information content (AvgIpc) is 1.60. The SMILES string of the molecule is CC(C)(OP(O)O)C(N)=O. The first kappa shape index (κ1) is 9.78. The van der Waals surface area contributed by atoms with Crippen LogP contribution in [0.2, 0.25) is 0 Å². The van der Waals surface area contributed by atoms with E-state index in [2.05, 4.69) is 4.52 Å². The smallest absolute Gasteiger partial charge is 0.328 e. The van der Waals surface area contributed by atoms with E-state index in [1.54, 1.807) is 0 Å².